The van der Waals surface area contributed by atoms with E-state index >= 15 is 0 Å². The van der Waals surface area contributed by atoms with Gasteiger partial charge in [0.1, 0.15) is 0 Å². The van der Waals surface area contributed by atoms with E-state index in [9.17, 15) is 8.42 Å². The number of nitrogens with zero attached hydrogens (tertiary/aromatic N) is 2. The van der Waals surface area contributed by atoms with Gasteiger partial charge in [-0.15, -0.1) is 0 Å². The van der Waals surface area contributed by atoms with Gasteiger partial charge < -0.3 is 10.2 Å². The summed E-state index contributed by atoms with van der Waals surface area (Å²) in [6.45, 7) is 2.87. The first-order valence-electron chi connectivity index (χ1n) is 11.1. The lowest BCUT2D eigenvalue weighted by Gasteiger charge is -2.36. The number of piperidine rings is 1. The number of hydrogen-bond acceptors (Lipinski definition) is 4. The molecule has 1 aliphatic rings. The van der Waals surface area contributed by atoms with E-state index in [2.05, 4.69) is 46.6 Å². The number of aromatic nitrogens is 1. The van der Waals surface area contributed by atoms with Gasteiger partial charge in [-0.05, 0) is 67.9 Å². The Morgan fingerprint density at radius 2 is 1.56 bits per heavy atom. The Morgan fingerprint density at radius 3 is 2.28 bits per heavy atom. The lowest BCUT2D eigenvalue weighted by molar-refractivity contribution is 0.428. The van der Waals surface area contributed by atoms with Gasteiger partial charge in [0.25, 0.3) is 10.0 Å². The van der Waals surface area contributed by atoms with Crippen LogP contribution in [-0.4, -0.2) is 31.5 Å². The zero-order valence-electron chi connectivity index (χ0n) is 17.9. The molecule has 164 valence electrons. The second-order valence-corrected chi connectivity index (χ2v) is 10.1. The first-order chi connectivity index (χ1) is 15.6. The highest BCUT2D eigenvalue weighted by Crippen LogP contribution is 2.30. The van der Waals surface area contributed by atoms with Crippen LogP contribution in [0.25, 0.3) is 10.9 Å². The summed E-state index contributed by atoms with van der Waals surface area (Å²) in [4.78, 5) is 2.76. The summed E-state index contributed by atoms with van der Waals surface area (Å²) in [5, 5.41) is 4.38. The molecule has 1 aromatic heterocycles. The fraction of sp³-hybridized carbons (Fsp3) is 0.231. The van der Waals surface area contributed by atoms with Crippen LogP contribution in [0.4, 0.5) is 5.69 Å². The third-order valence-corrected chi connectivity index (χ3v) is 7.92. The van der Waals surface area contributed by atoms with E-state index in [1.165, 1.54) is 9.54 Å². The average Bonchev–Trinajstić information content (AvgIpc) is 3.28. The van der Waals surface area contributed by atoms with Gasteiger partial charge in [-0.25, -0.2) is 12.4 Å². The van der Waals surface area contributed by atoms with Gasteiger partial charge in [-0.2, -0.15) is 0 Å². The van der Waals surface area contributed by atoms with Crippen molar-refractivity contribution in [1.82, 2.24) is 9.29 Å². The molecule has 0 spiro atoms. The summed E-state index contributed by atoms with van der Waals surface area (Å²) in [5.41, 5.74) is 3.10. The average molecular weight is 446 g/mol. The molecule has 32 heavy (non-hydrogen) atoms. The summed E-state index contributed by atoms with van der Waals surface area (Å²) in [5.74, 6) is 0. The molecule has 0 radical (unpaired) electrons. The quantitative estimate of drug-likeness (QED) is 0.470. The number of nitrogens with one attached hydrogen (secondary N) is 1. The van der Waals surface area contributed by atoms with Gasteiger partial charge in [0.05, 0.1) is 10.4 Å². The van der Waals surface area contributed by atoms with Crippen LogP contribution < -0.4 is 10.2 Å². The highest BCUT2D eigenvalue weighted by Gasteiger charge is 2.23. The minimum Gasteiger partial charge on any atom is -0.364 e. The molecule has 4 aromatic rings. The molecule has 5 nitrogen and oxygen atoms in total. The Bertz CT molecular complexity index is 1290. The van der Waals surface area contributed by atoms with Crippen molar-refractivity contribution in [2.45, 2.75) is 30.3 Å². The fourth-order valence-electron chi connectivity index (χ4n) is 4.53. The number of hydrogen-bond donors (Lipinski definition) is 1. The topological polar surface area (TPSA) is 54.3 Å². The maximum absolute atomic E-state index is 13.2. The van der Waals surface area contributed by atoms with Crippen LogP contribution in [0.5, 0.6) is 0 Å². The number of benzene rings is 3. The van der Waals surface area contributed by atoms with Crippen molar-refractivity contribution in [3.8, 4) is 0 Å². The van der Waals surface area contributed by atoms with Crippen LogP contribution in [0.15, 0.2) is 96.0 Å². The highest BCUT2D eigenvalue weighted by molar-refractivity contribution is 7.90. The second-order valence-electron chi connectivity index (χ2n) is 8.27. The van der Waals surface area contributed by atoms with E-state index < -0.39 is 10.0 Å². The van der Waals surface area contributed by atoms with E-state index in [4.69, 9.17) is 0 Å². The maximum Gasteiger partial charge on any atom is 0.268 e. The molecule has 5 rings (SSSR count). The largest absolute Gasteiger partial charge is 0.364 e. The number of anilines is 1. The van der Waals surface area contributed by atoms with Crippen LogP contribution in [0.1, 0.15) is 18.4 Å². The Morgan fingerprint density at radius 1 is 0.875 bits per heavy atom. The Labute approximate surface area is 189 Å². The monoisotopic (exact) mass is 445 g/mol. The van der Waals surface area contributed by atoms with Crippen molar-refractivity contribution < 1.29 is 8.42 Å². The van der Waals surface area contributed by atoms with Crippen molar-refractivity contribution in [1.29, 1.82) is 0 Å². The molecule has 6 heteroatoms. The molecule has 0 aliphatic carbocycles. The highest BCUT2D eigenvalue weighted by atomic mass is 32.2. The van der Waals surface area contributed by atoms with E-state index in [1.54, 1.807) is 30.5 Å². The van der Waals surface area contributed by atoms with Crippen LogP contribution >= 0.6 is 0 Å². The van der Waals surface area contributed by atoms with Gasteiger partial charge >= 0.3 is 0 Å². The number of fused-ring (bicyclic) bond motifs is 1. The Kier molecular flexibility index (Phi) is 5.72. The molecule has 2 heterocycles. The zero-order valence-corrected chi connectivity index (χ0v) is 18.7. The van der Waals surface area contributed by atoms with Crippen LogP contribution in [0, 0.1) is 0 Å². The van der Waals surface area contributed by atoms with Crippen molar-refractivity contribution in [2.24, 2.45) is 0 Å². The zero-order chi connectivity index (χ0) is 22.0. The van der Waals surface area contributed by atoms with Crippen molar-refractivity contribution >= 4 is 26.6 Å². The second kappa shape index (κ2) is 8.81. The van der Waals surface area contributed by atoms with Crippen molar-refractivity contribution in [2.75, 3.05) is 18.0 Å². The lowest BCUT2D eigenvalue weighted by Crippen LogP contribution is -2.43. The van der Waals surface area contributed by atoms with E-state index in [0.717, 1.165) is 43.5 Å². The maximum atomic E-state index is 13.2. The molecular formula is C26H27N3O2S. The van der Waals surface area contributed by atoms with Gasteiger partial charge in [0.15, 0.2) is 0 Å². The Balaban J connectivity index is 1.52. The summed E-state index contributed by atoms with van der Waals surface area (Å²) in [6, 6.07) is 27.6. The SMILES string of the molecule is O=S(=O)(c1ccccc1)n1ccc2cc(N(Cc3ccccc3)C3CCNCC3)ccc21. The molecule has 3 aromatic carbocycles. The summed E-state index contributed by atoms with van der Waals surface area (Å²) in [6.07, 6.45) is 3.84. The molecule has 0 amide bonds. The summed E-state index contributed by atoms with van der Waals surface area (Å²) < 4.78 is 27.7. The molecule has 0 saturated carbocycles. The van der Waals surface area contributed by atoms with Gasteiger partial charge in [0.2, 0.25) is 0 Å². The van der Waals surface area contributed by atoms with Crippen LogP contribution in [-0.2, 0) is 16.6 Å². The smallest absolute Gasteiger partial charge is 0.268 e. The van der Waals surface area contributed by atoms with E-state index in [-0.39, 0.29) is 0 Å². The minimum absolute atomic E-state index is 0.294. The minimum atomic E-state index is -3.63. The molecule has 1 fully saturated rings. The predicted octanol–water partition coefficient (Wildman–Crippen LogP) is 4.64. The van der Waals surface area contributed by atoms with E-state index in [0.29, 0.717) is 16.5 Å². The number of rotatable bonds is 6. The van der Waals surface area contributed by atoms with Crippen molar-refractivity contribution in [3.63, 3.8) is 0 Å². The third-order valence-electron chi connectivity index (χ3n) is 6.21. The molecule has 0 unspecified atom stereocenters. The molecular weight excluding hydrogens is 418 g/mol. The van der Waals surface area contributed by atoms with Gasteiger partial charge in [-0.1, -0.05) is 48.5 Å². The predicted molar refractivity (Wildman–Crippen MR) is 129 cm³/mol. The standard InChI is InChI=1S/C26H27N3O2S/c30-32(31,25-9-5-2-6-10-25)29-18-15-22-19-24(11-12-26(22)29)28(23-13-16-27-17-14-23)20-21-7-3-1-4-8-21/h1-12,15,18-19,23,27H,13-14,16-17,20H2. The molecule has 1 N–H and O–H groups in total. The fourth-order valence-corrected chi connectivity index (χ4v) is 5.90. The van der Waals surface area contributed by atoms with Gasteiger partial charge in [0, 0.05) is 29.9 Å². The molecule has 0 bridgehead atoms. The van der Waals surface area contributed by atoms with Crippen molar-refractivity contribution in [3.05, 3.63) is 96.7 Å². The molecule has 1 saturated heterocycles. The third kappa shape index (κ3) is 4.04. The lowest BCUT2D eigenvalue weighted by atomic mass is 10.0. The molecule has 1 aliphatic heterocycles. The summed E-state index contributed by atoms with van der Waals surface area (Å²) in [7, 11) is -3.63. The van der Waals surface area contributed by atoms with Crippen LogP contribution in [0.2, 0.25) is 0 Å². The van der Waals surface area contributed by atoms with Gasteiger partial charge in [-0.3, -0.25) is 0 Å². The Hall–Kier alpha value is -3.09. The normalized spacial score (nSPS) is 15.1. The molecule has 0 atom stereocenters. The van der Waals surface area contributed by atoms with E-state index in [1.807, 2.05) is 24.3 Å². The first kappa shape index (κ1) is 20.8. The van der Waals surface area contributed by atoms with Crippen LogP contribution in [0.3, 0.4) is 0 Å². The summed E-state index contributed by atoms with van der Waals surface area (Å²) >= 11 is 0. The first-order valence-corrected chi connectivity index (χ1v) is 12.5.